The van der Waals surface area contributed by atoms with E-state index in [1.165, 1.54) is 6.20 Å². The molecule has 11 heteroatoms. The number of halogens is 4. The van der Waals surface area contributed by atoms with Crippen molar-refractivity contribution in [3.05, 3.63) is 47.2 Å². The van der Waals surface area contributed by atoms with Crippen LogP contribution in [0.15, 0.2) is 40.0 Å². The number of hydrogen-bond acceptors (Lipinski definition) is 6. The van der Waals surface area contributed by atoms with Gasteiger partial charge in [-0.2, -0.15) is 13.2 Å². The molecule has 2 N–H and O–H groups in total. The molecule has 0 spiro atoms. The monoisotopic (exact) mass is 375 g/mol. The minimum Gasteiger partial charge on any atom is -0.440 e. The summed E-state index contributed by atoms with van der Waals surface area (Å²) in [7, 11) is 0. The zero-order valence-electron chi connectivity index (χ0n) is 11.8. The zero-order valence-corrected chi connectivity index (χ0v) is 13.4. The van der Waals surface area contributed by atoms with Crippen LogP contribution in [0.5, 0.6) is 0 Å². The van der Waals surface area contributed by atoms with E-state index in [0.29, 0.717) is 21.3 Å². The fraction of sp³-hybridized carbons (Fsp3) is 0.154. The van der Waals surface area contributed by atoms with Gasteiger partial charge in [0.2, 0.25) is 11.0 Å². The average molecular weight is 376 g/mol. The molecule has 0 bridgehead atoms. The molecule has 1 aromatic carbocycles. The Hall–Kier alpha value is -2.20. The van der Waals surface area contributed by atoms with Crippen molar-refractivity contribution in [3.8, 4) is 11.3 Å². The highest BCUT2D eigenvalue weighted by molar-refractivity contribution is 7.98. The Morgan fingerprint density at radius 1 is 1.29 bits per heavy atom. The van der Waals surface area contributed by atoms with Gasteiger partial charge >= 0.3 is 6.18 Å². The molecule has 6 nitrogen and oxygen atoms in total. The summed E-state index contributed by atoms with van der Waals surface area (Å²) in [4.78, 5) is 4.07. The maximum Gasteiger partial charge on any atom is 0.453 e. The average Bonchev–Trinajstić information content (AvgIpc) is 3.11. The van der Waals surface area contributed by atoms with Crippen molar-refractivity contribution in [2.75, 3.05) is 5.84 Å². The first-order valence-corrected chi connectivity index (χ1v) is 7.82. The minimum absolute atomic E-state index is 0.0927. The summed E-state index contributed by atoms with van der Waals surface area (Å²) in [5.74, 6) is 5.04. The summed E-state index contributed by atoms with van der Waals surface area (Å²) >= 11 is 6.84. The Bertz CT molecular complexity index is 863. The molecule has 0 amide bonds. The summed E-state index contributed by atoms with van der Waals surface area (Å²) in [5, 5.41) is 6.91. The van der Waals surface area contributed by atoms with E-state index in [0.717, 1.165) is 17.3 Å². The number of alkyl halides is 3. The Balaban J connectivity index is 1.71. The van der Waals surface area contributed by atoms with Crippen molar-refractivity contribution >= 4 is 23.4 Å². The lowest BCUT2D eigenvalue weighted by atomic mass is 10.2. The van der Waals surface area contributed by atoms with Crippen LogP contribution in [0.4, 0.5) is 13.2 Å². The third-order valence-electron chi connectivity index (χ3n) is 2.91. The zero-order chi connectivity index (χ0) is 17.3. The first-order valence-electron chi connectivity index (χ1n) is 6.46. The van der Waals surface area contributed by atoms with Crippen LogP contribution in [0.1, 0.15) is 11.7 Å². The predicted molar refractivity (Wildman–Crippen MR) is 81.7 cm³/mol. The highest BCUT2D eigenvalue weighted by Crippen LogP contribution is 2.30. The molecule has 2 aromatic heterocycles. The minimum atomic E-state index is -4.66. The normalized spacial score (nSPS) is 11.8. The van der Waals surface area contributed by atoms with Crippen LogP contribution in [0, 0.1) is 0 Å². The van der Waals surface area contributed by atoms with Gasteiger partial charge in [0.05, 0.1) is 11.9 Å². The number of nitrogens with two attached hydrogens (primary N) is 1. The smallest absolute Gasteiger partial charge is 0.440 e. The van der Waals surface area contributed by atoms with Gasteiger partial charge in [-0.05, 0) is 12.1 Å². The topological polar surface area (TPSA) is 82.8 Å². The molecule has 0 atom stereocenters. The summed E-state index contributed by atoms with van der Waals surface area (Å²) in [6, 6.07) is 7.01. The van der Waals surface area contributed by atoms with E-state index < -0.39 is 12.0 Å². The first kappa shape index (κ1) is 16.7. The van der Waals surface area contributed by atoms with Crippen LogP contribution in [0.3, 0.4) is 0 Å². The molecule has 0 saturated heterocycles. The number of benzene rings is 1. The molecule has 126 valence electrons. The van der Waals surface area contributed by atoms with E-state index in [2.05, 4.69) is 15.2 Å². The van der Waals surface area contributed by atoms with Crippen LogP contribution >= 0.6 is 23.4 Å². The molecule has 0 aliphatic rings. The number of nitrogen functional groups attached to an aromatic ring is 1. The van der Waals surface area contributed by atoms with Crippen LogP contribution in [0.2, 0.25) is 5.02 Å². The van der Waals surface area contributed by atoms with Gasteiger partial charge in [0.25, 0.3) is 5.82 Å². The third kappa shape index (κ3) is 3.49. The van der Waals surface area contributed by atoms with Crippen molar-refractivity contribution in [2.24, 2.45) is 0 Å². The lowest BCUT2D eigenvalue weighted by molar-refractivity contribution is -0.146. The molecule has 0 unspecified atom stereocenters. The molecule has 2 heterocycles. The summed E-state index contributed by atoms with van der Waals surface area (Å²) < 4.78 is 43.7. The molecule has 3 rings (SSSR count). The van der Waals surface area contributed by atoms with Gasteiger partial charge in [-0.1, -0.05) is 35.5 Å². The van der Waals surface area contributed by atoms with Crippen molar-refractivity contribution in [1.82, 2.24) is 19.9 Å². The van der Waals surface area contributed by atoms with Gasteiger partial charge < -0.3 is 10.3 Å². The Morgan fingerprint density at radius 3 is 2.75 bits per heavy atom. The highest BCUT2D eigenvalue weighted by Gasteiger charge is 2.38. The van der Waals surface area contributed by atoms with Crippen LogP contribution < -0.4 is 5.84 Å². The van der Waals surface area contributed by atoms with Gasteiger partial charge in [0, 0.05) is 10.6 Å². The lowest BCUT2D eigenvalue weighted by Gasteiger charge is -2.05. The van der Waals surface area contributed by atoms with E-state index in [-0.39, 0.29) is 10.9 Å². The van der Waals surface area contributed by atoms with Crippen LogP contribution in [0.25, 0.3) is 11.3 Å². The molecule has 24 heavy (non-hydrogen) atoms. The van der Waals surface area contributed by atoms with E-state index in [1.54, 1.807) is 24.3 Å². The fourth-order valence-electron chi connectivity index (χ4n) is 1.85. The second kappa shape index (κ2) is 6.36. The quantitative estimate of drug-likeness (QED) is 0.554. The van der Waals surface area contributed by atoms with Crippen molar-refractivity contribution in [3.63, 3.8) is 0 Å². The van der Waals surface area contributed by atoms with E-state index >= 15 is 0 Å². The van der Waals surface area contributed by atoms with Gasteiger partial charge in [-0.15, -0.1) is 10.2 Å². The van der Waals surface area contributed by atoms with Gasteiger partial charge in [-0.25, -0.2) is 9.66 Å². The number of rotatable bonds is 4. The molecular formula is C13H9ClF3N5OS. The molecule has 0 fully saturated rings. The summed E-state index contributed by atoms with van der Waals surface area (Å²) in [6.45, 7) is 0. The highest BCUT2D eigenvalue weighted by atomic mass is 35.5. The van der Waals surface area contributed by atoms with Crippen molar-refractivity contribution in [1.29, 1.82) is 0 Å². The number of aromatic nitrogens is 4. The molecule has 0 radical (unpaired) electrons. The molecule has 0 aliphatic heterocycles. The number of hydrogen-bond donors (Lipinski definition) is 1. The second-order valence-electron chi connectivity index (χ2n) is 4.59. The Morgan fingerprint density at radius 2 is 2.08 bits per heavy atom. The van der Waals surface area contributed by atoms with E-state index in [9.17, 15) is 13.2 Å². The maximum atomic E-state index is 12.6. The number of oxazole rings is 1. The van der Waals surface area contributed by atoms with Gasteiger partial charge in [0.1, 0.15) is 0 Å². The Labute approximate surface area is 142 Å². The third-order valence-corrected chi connectivity index (χ3v) is 4.07. The molecule has 0 saturated carbocycles. The van der Waals surface area contributed by atoms with Crippen molar-refractivity contribution < 1.29 is 17.6 Å². The predicted octanol–water partition coefficient (Wildman–Crippen LogP) is 3.61. The van der Waals surface area contributed by atoms with E-state index in [4.69, 9.17) is 21.9 Å². The number of nitrogens with zero attached hydrogens (tertiary/aromatic N) is 4. The van der Waals surface area contributed by atoms with Gasteiger partial charge in [0.15, 0.2) is 5.76 Å². The lowest BCUT2D eigenvalue weighted by Crippen LogP contribution is -2.21. The number of thioether (sulfide) groups is 1. The summed E-state index contributed by atoms with van der Waals surface area (Å²) in [5.41, 5.74) is 0.743. The second-order valence-corrected chi connectivity index (χ2v) is 5.97. The van der Waals surface area contributed by atoms with Crippen molar-refractivity contribution in [2.45, 2.75) is 17.1 Å². The Kier molecular flexibility index (Phi) is 4.41. The fourth-order valence-corrected chi connectivity index (χ4v) is 2.75. The van der Waals surface area contributed by atoms with Crippen LogP contribution in [-0.2, 0) is 11.9 Å². The SMILES string of the molecule is Nn1c(SCc2ncc(-c3cccc(Cl)c3)o2)nnc1C(F)(F)F. The molecule has 3 aromatic rings. The largest absolute Gasteiger partial charge is 0.453 e. The van der Waals surface area contributed by atoms with Crippen LogP contribution in [-0.4, -0.2) is 19.9 Å². The van der Waals surface area contributed by atoms with E-state index in [1.807, 2.05) is 0 Å². The first-order chi connectivity index (χ1) is 11.3. The maximum absolute atomic E-state index is 12.6. The molecular weight excluding hydrogens is 367 g/mol. The molecule has 0 aliphatic carbocycles. The summed E-state index contributed by atoms with van der Waals surface area (Å²) in [6.07, 6.45) is -3.15. The van der Waals surface area contributed by atoms with Gasteiger partial charge in [-0.3, -0.25) is 0 Å². The standard InChI is InChI=1S/C13H9ClF3N5OS/c14-8-3-1-2-7(4-8)9-5-19-10(23-9)6-24-12-21-20-11(22(12)18)13(15,16)17/h1-5H,6,18H2.